The van der Waals surface area contributed by atoms with Gasteiger partial charge in [0.15, 0.2) is 0 Å². The summed E-state index contributed by atoms with van der Waals surface area (Å²) in [4.78, 5) is 24.6. The quantitative estimate of drug-likeness (QED) is 0.746. The van der Waals surface area contributed by atoms with E-state index < -0.39 is 20.5 Å². The van der Waals surface area contributed by atoms with E-state index in [0.717, 1.165) is 0 Å². The van der Waals surface area contributed by atoms with E-state index in [0.29, 0.717) is 23.2 Å². The number of carbonyl (C=O) groups is 2. The Kier molecular flexibility index (Phi) is 5.70. The molecule has 2 aromatic rings. The summed E-state index contributed by atoms with van der Waals surface area (Å²) >= 11 is 0. The zero-order valence-corrected chi connectivity index (χ0v) is 14.3. The van der Waals surface area contributed by atoms with Gasteiger partial charge in [-0.2, -0.15) is 0 Å². The van der Waals surface area contributed by atoms with E-state index in [1.165, 1.54) is 0 Å². The van der Waals surface area contributed by atoms with E-state index in [2.05, 4.69) is 0 Å². The maximum absolute atomic E-state index is 12.3. The van der Waals surface area contributed by atoms with Gasteiger partial charge in [0.05, 0.1) is 11.1 Å². The molecule has 0 amide bonds. The first kappa shape index (κ1) is 17.0. The first-order chi connectivity index (χ1) is 11.1. The summed E-state index contributed by atoms with van der Waals surface area (Å²) in [6.45, 7) is 3.76. The molecule has 0 saturated carbocycles. The van der Waals surface area contributed by atoms with E-state index in [4.69, 9.17) is 8.85 Å². The molecule has 0 aliphatic carbocycles. The molecule has 2 rings (SSSR count). The van der Waals surface area contributed by atoms with Crippen LogP contribution in [-0.2, 0) is 8.85 Å². The zero-order valence-electron chi connectivity index (χ0n) is 13.3. The molecule has 120 valence electrons. The summed E-state index contributed by atoms with van der Waals surface area (Å²) in [5.74, 6) is -0.886. The predicted molar refractivity (Wildman–Crippen MR) is 90.4 cm³/mol. The Labute approximate surface area is 137 Å². The number of hydrogen-bond acceptors (Lipinski definition) is 4. The number of benzene rings is 2. The van der Waals surface area contributed by atoms with Crippen molar-refractivity contribution in [2.24, 2.45) is 0 Å². The topological polar surface area (TPSA) is 52.6 Å². The van der Waals surface area contributed by atoms with E-state index in [-0.39, 0.29) is 0 Å². The molecule has 0 aliphatic rings. The lowest BCUT2D eigenvalue weighted by atomic mass is 10.2. The molecular weight excluding hydrogens is 308 g/mol. The van der Waals surface area contributed by atoms with Crippen molar-refractivity contribution in [1.29, 1.82) is 0 Å². The summed E-state index contributed by atoms with van der Waals surface area (Å²) in [5.41, 5.74) is 0.920. The highest BCUT2D eigenvalue weighted by Gasteiger charge is 2.42. The summed E-state index contributed by atoms with van der Waals surface area (Å²) in [6.07, 6.45) is 0. The van der Waals surface area contributed by atoms with Gasteiger partial charge in [-0.05, 0) is 24.3 Å². The molecular formula is C18H20O4Si. The predicted octanol–water partition coefficient (Wildman–Crippen LogP) is 4.18. The van der Waals surface area contributed by atoms with E-state index in [1.54, 1.807) is 48.5 Å². The van der Waals surface area contributed by atoms with Crippen molar-refractivity contribution in [2.45, 2.75) is 25.9 Å². The smallest absolute Gasteiger partial charge is 0.464 e. The van der Waals surface area contributed by atoms with Gasteiger partial charge in [0.1, 0.15) is 0 Å². The number of carbonyl (C=O) groups excluding carboxylic acids is 2. The summed E-state index contributed by atoms with van der Waals surface area (Å²) in [6, 6.07) is 18.5. The Bertz CT molecular complexity index is 596. The molecule has 2 aromatic carbocycles. The first-order valence-corrected chi connectivity index (χ1v) is 9.90. The molecule has 0 N–H and O–H groups in total. The molecule has 0 unspecified atom stereocenters. The maximum atomic E-state index is 12.3. The van der Waals surface area contributed by atoms with E-state index >= 15 is 0 Å². The molecule has 0 saturated heterocycles. The zero-order chi connectivity index (χ0) is 16.7. The summed E-state index contributed by atoms with van der Waals surface area (Å²) < 4.78 is 11.3. The van der Waals surface area contributed by atoms with Crippen molar-refractivity contribution in [2.75, 3.05) is 0 Å². The second-order valence-electron chi connectivity index (χ2n) is 5.13. The van der Waals surface area contributed by atoms with Crippen LogP contribution in [0.5, 0.6) is 0 Å². The highest BCUT2D eigenvalue weighted by Crippen LogP contribution is 2.22. The van der Waals surface area contributed by atoms with Gasteiger partial charge in [0.2, 0.25) is 0 Å². The standard InChI is InChI=1S/C18H20O4Si/c1-3-23(4-2,21-17(19)15-11-7-5-8-12-15)22-18(20)16-13-9-6-10-14-16/h5-14H,3-4H2,1-2H3. The third-order valence-electron chi connectivity index (χ3n) is 3.65. The Morgan fingerprint density at radius 3 is 1.39 bits per heavy atom. The third kappa shape index (κ3) is 4.29. The Balaban J connectivity index is 2.15. The van der Waals surface area contributed by atoms with Crippen LogP contribution in [0.4, 0.5) is 0 Å². The minimum absolute atomic E-state index is 0.443. The largest absolute Gasteiger partial charge is 0.481 e. The average molecular weight is 328 g/mol. The Morgan fingerprint density at radius 1 is 0.739 bits per heavy atom. The van der Waals surface area contributed by atoms with Crippen molar-refractivity contribution in [3.8, 4) is 0 Å². The lowest BCUT2D eigenvalue weighted by Crippen LogP contribution is -2.44. The first-order valence-electron chi connectivity index (χ1n) is 7.67. The minimum atomic E-state index is -2.93. The molecule has 0 spiro atoms. The van der Waals surface area contributed by atoms with Gasteiger partial charge in [-0.1, -0.05) is 50.2 Å². The highest BCUT2D eigenvalue weighted by molar-refractivity contribution is 6.70. The van der Waals surface area contributed by atoms with E-state index in [9.17, 15) is 9.59 Å². The third-order valence-corrected chi connectivity index (χ3v) is 6.92. The molecule has 0 atom stereocenters. The van der Waals surface area contributed by atoms with Crippen LogP contribution < -0.4 is 0 Å². The van der Waals surface area contributed by atoms with Crippen LogP contribution >= 0.6 is 0 Å². The molecule has 0 fully saturated rings. The van der Waals surface area contributed by atoms with Crippen molar-refractivity contribution in [3.05, 3.63) is 71.8 Å². The van der Waals surface area contributed by atoms with Gasteiger partial charge >= 0.3 is 20.5 Å². The van der Waals surface area contributed by atoms with Crippen LogP contribution in [-0.4, -0.2) is 20.5 Å². The molecule has 0 bridgehead atoms. The lowest BCUT2D eigenvalue weighted by Gasteiger charge is -2.27. The van der Waals surface area contributed by atoms with Crippen molar-refractivity contribution in [3.63, 3.8) is 0 Å². The summed E-state index contributed by atoms with van der Waals surface area (Å²) in [7, 11) is -2.93. The van der Waals surface area contributed by atoms with Crippen LogP contribution in [0, 0.1) is 0 Å². The highest BCUT2D eigenvalue weighted by atomic mass is 28.4. The average Bonchev–Trinajstić information content (AvgIpc) is 2.62. The van der Waals surface area contributed by atoms with Crippen molar-refractivity contribution >= 4 is 20.5 Å². The van der Waals surface area contributed by atoms with Gasteiger partial charge in [-0.3, -0.25) is 0 Å². The van der Waals surface area contributed by atoms with Crippen LogP contribution in [0.1, 0.15) is 34.6 Å². The number of hydrogen-bond donors (Lipinski definition) is 0. The SMILES string of the molecule is CC[Si](CC)(OC(=O)c1ccccc1)OC(=O)c1ccccc1. The van der Waals surface area contributed by atoms with Gasteiger partial charge in [-0.25, -0.2) is 9.59 Å². The second-order valence-corrected chi connectivity index (χ2v) is 8.77. The van der Waals surface area contributed by atoms with Crippen molar-refractivity contribution < 1.29 is 18.4 Å². The second kappa shape index (κ2) is 7.74. The van der Waals surface area contributed by atoms with Gasteiger partial charge < -0.3 is 8.85 Å². The van der Waals surface area contributed by atoms with E-state index in [1.807, 2.05) is 26.0 Å². The molecule has 0 heterocycles. The van der Waals surface area contributed by atoms with Crippen molar-refractivity contribution in [1.82, 2.24) is 0 Å². The monoisotopic (exact) mass is 328 g/mol. The molecule has 0 aliphatic heterocycles. The lowest BCUT2D eigenvalue weighted by molar-refractivity contribution is 0.0563. The fourth-order valence-electron chi connectivity index (χ4n) is 2.16. The number of rotatable bonds is 6. The molecule has 4 nitrogen and oxygen atoms in total. The minimum Gasteiger partial charge on any atom is -0.481 e. The Morgan fingerprint density at radius 2 is 1.09 bits per heavy atom. The molecule has 0 radical (unpaired) electrons. The van der Waals surface area contributed by atoms with Crippen LogP contribution in [0.25, 0.3) is 0 Å². The fourth-order valence-corrected chi connectivity index (χ4v) is 4.19. The molecule has 23 heavy (non-hydrogen) atoms. The molecule has 5 heteroatoms. The van der Waals surface area contributed by atoms with Gasteiger partial charge in [0.25, 0.3) is 0 Å². The fraction of sp³-hybridized carbons (Fsp3) is 0.222. The normalized spacial score (nSPS) is 10.9. The van der Waals surface area contributed by atoms with Crippen LogP contribution in [0.2, 0.25) is 12.1 Å². The van der Waals surface area contributed by atoms with Gasteiger partial charge in [-0.15, -0.1) is 0 Å². The van der Waals surface area contributed by atoms with Crippen LogP contribution in [0.15, 0.2) is 60.7 Å². The molecule has 0 aromatic heterocycles. The van der Waals surface area contributed by atoms with Crippen LogP contribution in [0.3, 0.4) is 0 Å². The van der Waals surface area contributed by atoms with Gasteiger partial charge in [0, 0.05) is 12.1 Å². The Hall–Kier alpha value is -2.40. The summed E-state index contributed by atoms with van der Waals surface area (Å²) in [5, 5.41) is 0. The maximum Gasteiger partial charge on any atom is 0.464 e.